The first-order chi connectivity index (χ1) is 14.0. The summed E-state index contributed by atoms with van der Waals surface area (Å²) in [6, 6.07) is 7.13. The van der Waals surface area contributed by atoms with Gasteiger partial charge in [0.25, 0.3) is 5.69 Å². The molecule has 154 valence electrons. The van der Waals surface area contributed by atoms with Gasteiger partial charge in [-0.2, -0.15) is 0 Å². The van der Waals surface area contributed by atoms with Crippen molar-refractivity contribution in [2.45, 2.75) is 4.90 Å². The molecule has 0 aliphatic heterocycles. The Balaban J connectivity index is 0.00000341. The van der Waals surface area contributed by atoms with Crippen LogP contribution in [0, 0.1) is 20.2 Å². The van der Waals surface area contributed by atoms with Crippen molar-refractivity contribution in [1.29, 1.82) is 0 Å². The molecule has 0 spiro atoms. The summed E-state index contributed by atoms with van der Waals surface area (Å²) in [5, 5.41) is 39.3. The van der Waals surface area contributed by atoms with Gasteiger partial charge in [-0.05, 0) is 30.3 Å². The van der Waals surface area contributed by atoms with E-state index in [1.807, 2.05) is 0 Å². The number of azo groups is 1. The third kappa shape index (κ3) is 5.15. The molecule has 3 rings (SSSR count). The fraction of sp³-hybridized carbons (Fsp3) is 0. The van der Waals surface area contributed by atoms with Gasteiger partial charge in [0.15, 0.2) is 5.69 Å². The van der Waals surface area contributed by atoms with Gasteiger partial charge < -0.3 is 9.66 Å². The third-order valence-electron chi connectivity index (χ3n) is 3.92. The molecule has 0 fully saturated rings. The van der Waals surface area contributed by atoms with Crippen molar-refractivity contribution in [1.82, 2.24) is 0 Å². The van der Waals surface area contributed by atoms with Gasteiger partial charge in [0.2, 0.25) is 0 Å². The Labute approximate surface area is 200 Å². The first-order valence-electron chi connectivity index (χ1n) is 7.74. The molecule has 0 radical (unpaired) electrons. The fourth-order valence-electron chi connectivity index (χ4n) is 2.56. The van der Waals surface area contributed by atoms with Crippen LogP contribution in [0.15, 0.2) is 57.6 Å². The molecule has 0 atom stereocenters. The summed E-state index contributed by atoms with van der Waals surface area (Å²) < 4.78 is 33.9. The average molecular weight is 475 g/mol. The summed E-state index contributed by atoms with van der Waals surface area (Å²) in [5.74, 6) is -0.238. The quantitative estimate of drug-likeness (QED) is 0.188. The number of fused-ring (bicyclic) bond motifs is 1. The van der Waals surface area contributed by atoms with E-state index < -0.39 is 46.9 Å². The van der Waals surface area contributed by atoms with Crippen LogP contribution < -0.4 is 29.6 Å². The van der Waals surface area contributed by atoms with E-state index in [-0.39, 0.29) is 51.8 Å². The van der Waals surface area contributed by atoms with Crippen molar-refractivity contribution in [3.63, 3.8) is 0 Å². The largest absolute Gasteiger partial charge is 1.00 e. The van der Waals surface area contributed by atoms with Crippen LogP contribution >= 0.6 is 11.6 Å². The Bertz CT molecular complexity index is 1360. The molecule has 3 aromatic carbocycles. The van der Waals surface area contributed by atoms with Gasteiger partial charge in [-0.25, -0.2) is 8.42 Å². The minimum atomic E-state index is -4.81. The number of benzene rings is 3. The maximum absolute atomic E-state index is 11.3. The Morgan fingerprint density at radius 3 is 2.19 bits per heavy atom. The fourth-order valence-corrected chi connectivity index (χ4v) is 3.30. The Morgan fingerprint density at radius 2 is 1.61 bits per heavy atom. The van der Waals surface area contributed by atoms with Crippen molar-refractivity contribution in [3.05, 3.63) is 67.7 Å². The van der Waals surface area contributed by atoms with Crippen LogP contribution in [0.3, 0.4) is 0 Å². The minimum absolute atomic E-state index is 0. The maximum Gasteiger partial charge on any atom is 1.00 e. The Kier molecular flexibility index (Phi) is 7.31. The molecule has 0 bridgehead atoms. The normalized spacial score (nSPS) is 11.4. The zero-order valence-electron chi connectivity index (χ0n) is 15.4. The van der Waals surface area contributed by atoms with Gasteiger partial charge in [-0.1, -0.05) is 11.6 Å². The zero-order chi connectivity index (χ0) is 22.2. The molecule has 0 heterocycles. The van der Waals surface area contributed by atoms with E-state index in [2.05, 4.69) is 10.2 Å². The zero-order valence-corrected chi connectivity index (χ0v) is 19.0. The summed E-state index contributed by atoms with van der Waals surface area (Å²) in [7, 11) is -4.81. The first-order valence-corrected chi connectivity index (χ1v) is 9.53. The van der Waals surface area contributed by atoms with E-state index in [1.54, 1.807) is 0 Å². The number of hydrogen-bond acceptors (Lipinski definition) is 10. The summed E-state index contributed by atoms with van der Waals surface area (Å²) in [5.41, 5.74) is -1.91. The van der Waals surface area contributed by atoms with Gasteiger partial charge in [0.05, 0.1) is 31.5 Å². The Morgan fingerprint density at radius 1 is 0.935 bits per heavy atom. The van der Waals surface area contributed by atoms with Gasteiger partial charge in [0, 0.05) is 16.8 Å². The summed E-state index contributed by atoms with van der Waals surface area (Å²) in [4.78, 5) is 19.8. The SMILES string of the molecule is O=[N+]([O-])c1cc(Cl)c(/N=N/c2ccc(O)c3ccc(S(=O)(=O)[O-])cc23)c([N+](=O)[O-])c1.[Na+]. The van der Waals surface area contributed by atoms with E-state index in [0.29, 0.717) is 6.07 Å². The van der Waals surface area contributed by atoms with Gasteiger partial charge in [-0.15, -0.1) is 10.2 Å². The number of rotatable bonds is 5. The standard InChI is InChI=1S/C16H9ClN4O8S.Na/c17-12-5-8(20(23)24)6-14(21(25)26)16(12)19-18-13-3-4-15(22)10-2-1-9(7-11(10)13)30(27,28)29;/h1-7,22H,(H,27,28,29);/q;+1/p-1/b19-18+;. The summed E-state index contributed by atoms with van der Waals surface area (Å²) >= 11 is 5.89. The van der Waals surface area contributed by atoms with Gasteiger partial charge >= 0.3 is 35.2 Å². The molecule has 0 aliphatic carbocycles. The number of non-ortho nitro benzene ring substituents is 1. The number of nitrogens with zero attached hydrogens (tertiary/aromatic N) is 4. The van der Waals surface area contributed by atoms with Crippen LogP contribution in [0.1, 0.15) is 0 Å². The van der Waals surface area contributed by atoms with Crippen LogP contribution in [0.2, 0.25) is 5.02 Å². The van der Waals surface area contributed by atoms with Crippen LogP contribution in [-0.2, 0) is 10.1 Å². The molecule has 0 aromatic heterocycles. The number of phenols is 1. The van der Waals surface area contributed by atoms with Crippen molar-refractivity contribution in [2.24, 2.45) is 10.2 Å². The molecule has 0 saturated carbocycles. The van der Waals surface area contributed by atoms with Crippen molar-refractivity contribution < 1.29 is 57.5 Å². The molecule has 3 aromatic rings. The second-order valence-electron chi connectivity index (χ2n) is 5.77. The third-order valence-corrected chi connectivity index (χ3v) is 5.04. The smallest absolute Gasteiger partial charge is 0.744 e. The van der Waals surface area contributed by atoms with Crippen molar-refractivity contribution >= 4 is 55.2 Å². The first kappa shape index (κ1) is 24.6. The number of hydrogen-bond donors (Lipinski definition) is 1. The van der Waals surface area contributed by atoms with E-state index in [0.717, 1.165) is 18.2 Å². The number of phenolic OH excluding ortho intramolecular Hbond substituents is 1. The summed E-state index contributed by atoms with van der Waals surface area (Å²) in [6.07, 6.45) is 0. The molecule has 15 heteroatoms. The summed E-state index contributed by atoms with van der Waals surface area (Å²) in [6.45, 7) is 0. The molecule has 31 heavy (non-hydrogen) atoms. The average Bonchev–Trinajstić information content (AvgIpc) is 2.66. The van der Waals surface area contributed by atoms with Crippen LogP contribution in [-0.4, -0.2) is 27.9 Å². The topological polar surface area (TPSA) is 188 Å². The monoisotopic (exact) mass is 474 g/mol. The second-order valence-corrected chi connectivity index (χ2v) is 7.56. The molecular formula is C16H8ClN4NaO8S. The molecule has 12 nitrogen and oxygen atoms in total. The molecule has 0 aliphatic rings. The van der Waals surface area contributed by atoms with Crippen molar-refractivity contribution in [3.8, 4) is 5.75 Å². The molecule has 0 amide bonds. The van der Waals surface area contributed by atoms with Crippen LogP contribution in [0.5, 0.6) is 5.75 Å². The number of nitro groups is 2. The predicted octanol–water partition coefficient (Wildman–Crippen LogP) is 1.34. The molecular weight excluding hydrogens is 467 g/mol. The number of halogens is 1. The second kappa shape index (κ2) is 9.21. The minimum Gasteiger partial charge on any atom is -0.744 e. The van der Waals surface area contributed by atoms with E-state index in [9.17, 15) is 38.3 Å². The molecule has 0 saturated heterocycles. The van der Waals surface area contributed by atoms with Gasteiger partial charge in [0.1, 0.15) is 15.9 Å². The Hall–Kier alpha value is -2.68. The van der Waals surface area contributed by atoms with Crippen LogP contribution in [0.25, 0.3) is 10.8 Å². The maximum atomic E-state index is 11.3. The van der Waals surface area contributed by atoms with E-state index in [1.165, 1.54) is 18.2 Å². The van der Waals surface area contributed by atoms with Crippen molar-refractivity contribution in [2.75, 3.05) is 0 Å². The molecule has 1 N–H and O–H groups in total. The number of nitro benzene ring substituents is 2. The van der Waals surface area contributed by atoms with Crippen LogP contribution in [0.4, 0.5) is 22.7 Å². The number of aromatic hydroxyl groups is 1. The molecule has 0 unspecified atom stereocenters. The van der Waals surface area contributed by atoms with E-state index >= 15 is 0 Å². The van der Waals surface area contributed by atoms with Gasteiger partial charge in [-0.3, -0.25) is 20.2 Å². The van der Waals surface area contributed by atoms with E-state index in [4.69, 9.17) is 11.6 Å². The predicted molar refractivity (Wildman–Crippen MR) is 103 cm³/mol.